The number of halogens is 1. The molecule has 0 N–H and O–H groups in total. The first-order valence-electron chi connectivity index (χ1n) is 7.86. The highest BCUT2D eigenvalue weighted by molar-refractivity contribution is 9.10. The maximum atomic E-state index is 12.5. The number of hydrogen-bond acceptors (Lipinski definition) is 1. The second-order valence-electron chi connectivity index (χ2n) is 5.75. The number of rotatable bonds is 7. The van der Waals surface area contributed by atoms with Crippen LogP contribution in [0.3, 0.4) is 0 Å². The summed E-state index contributed by atoms with van der Waals surface area (Å²) in [5.74, 6) is 0.806. The van der Waals surface area contributed by atoms with Crippen LogP contribution in [0.1, 0.15) is 56.3 Å². The van der Waals surface area contributed by atoms with E-state index in [9.17, 15) is 4.79 Å². The average Bonchev–Trinajstić information content (AvgIpc) is 2.50. The molecule has 0 aromatic heterocycles. The van der Waals surface area contributed by atoms with Crippen LogP contribution < -0.4 is 0 Å². The highest BCUT2D eigenvalue weighted by Gasteiger charge is 2.14. The van der Waals surface area contributed by atoms with Gasteiger partial charge in [-0.1, -0.05) is 73.7 Å². The van der Waals surface area contributed by atoms with E-state index in [2.05, 4.69) is 41.9 Å². The molecule has 112 valence electrons. The first-order chi connectivity index (χ1) is 10.1. The Kier molecular flexibility index (Phi) is 5.98. The minimum atomic E-state index is 0.280. The molecular weight excluding hydrogens is 324 g/mol. The Labute approximate surface area is 135 Å². The van der Waals surface area contributed by atoms with Gasteiger partial charge in [-0.05, 0) is 34.9 Å². The predicted octanol–water partition coefficient (Wildman–Crippen LogP) is 6.39. The third kappa shape index (κ3) is 4.41. The van der Waals surface area contributed by atoms with Crippen molar-refractivity contribution < 1.29 is 4.79 Å². The number of unbranched alkanes of at least 4 members (excludes halogenated alkanes) is 1. The Balaban J connectivity index is 2.13. The first-order valence-corrected chi connectivity index (χ1v) is 8.65. The molecule has 1 atom stereocenters. The molecule has 0 heterocycles. The second kappa shape index (κ2) is 7.74. The lowest BCUT2D eigenvalue weighted by Gasteiger charge is -2.13. The van der Waals surface area contributed by atoms with Crippen LogP contribution >= 0.6 is 15.9 Å². The quantitative estimate of drug-likeness (QED) is 0.530. The van der Waals surface area contributed by atoms with E-state index in [-0.39, 0.29) is 5.78 Å². The average molecular weight is 347 g/mol. The lowest BCUT2D eigenvalue weighted by atomic mass is 9.91. The van der Waals surface area contributed by atoms with E-state index in [0.717, 1.165) is 21.8 Å². The van der Waals surface area contributed by atoms with Crippen molar-refractivity contribution in [1.29, 1.82) is 0 Å². The van der Waals surface area contributed by atoms with E-state index in [1.54, 1.807) is 0 Å². The normalized spacial score (nSPS) is 12.5. The van der Waals surface area contributed by atoms with Gasteiger partial charge in [0.2, 0.25) is 0 Å². The lowest BCUT2D eigenvalue weighted by molar-refractivity contribution is 0.0957. The van der Waals surface area contributed by atoms with Crippen LogP contribution in [0.2, 0.25) is 0 Å². The fourth-order valence-electron chi connectivity index (χ4n) is 2.71. The lowest BCUT2D eigenvalue weighted by Crippen LogP contribution is -2.08. The second-order valence-corrected chi connectivity index (χ2v) is 6.67. The molecule has 2 heteroatoms. The molecule has 0 aliphatic carbocycles. The summed E-state index contributed by atoms with van der Waals surface area (Å²) in [6, 6.07) is 12.2. The van der Waals surface area contributed by atoms with E-state index in [1.807, 2.05) is 24.3 Å². The van der Waals surface area contributed by atoms with Crippen molar-refractivity contribution in [3.8, 4) is 0 Å². The summed E-state index contributed by atoms with van der Waals surface area (Å²) in [5.41, 5.74) is 0.847. The molecule has 0 bridgehead atoms. The highest BCUT2D eigenvalue weighted by atomic mass is 79.9. The Hall–Kier alpha value is -1.15. The summed E-state index contributed by atoms with van der Waals surface area (Å²) in [6.45, 7) is 4.39. The summed E-state index contributed by atoms with van der Waals surface area (Å²) in [6.07, 6.45) is 5.36. The number of benzene rings is 2. The van der Waals surface area contributed by atoms with Gasteiger partial charge in [0.1, 0.15) is 0 Å². The molecule has 0 aliphatic rings. The van der Waals surface area contributed by atoms with Crippen molar-refractivity contribution in [1.82, 2.24) is 0 Å². The minimum Gasteiger partial charge on any atom is -0.294 e. The third-order valence-corrected chi connectivity index (χ3v) is 4.63. The van der Waals surface area contributed by atoms with E-state index < -0.39 is 0 Å². The topological polar surface area (TPSA) is 17.1 Å². The molecule has 0 aliphatic heterocycles. The van der Waals surface area contributed by atoms with E-state index in [0.29, 0.717) is 12.3 Å². The van der Waals surface area contributed by atoms with Crippen LogP contribution in [0.25, 0.3) is 10.8 Å². The van der Waals surface area contributed by atoms with E-state index >= 15 is 0 Å². The molecule has 1 unspecified atom stereocenters. The Morgan fingerprint density at radius 2 is 1.81 bits per heavy atom. The Morgan fingerprint density at radius 1 is 1.10 bits per heavy atom. The van der Waals surface area contributed by atoms with Crippen LogP contribution in [0.5, 0.6) is 0 Å². The molecule has 0 spiro atoms. The van der Waals surface area contributed by atoms with Crippen LogP contribution in [0.15, 0.2) is 40.9 Å². The van der Waals surface area contributed by atoms with Gasteiger partial charge in [0, 0.05) is 16.5 Å². The summed E-state index contributed by atoms with van der Waals surface area (Å²) in [7, 11) is 0. The summed E-state index contributed by atoms with van der Waals surface area (Å²) >= 11 is 3.48. The molecule has 0 fully saturated rings. The van der Waals surface area contributed by atoms with Crippen LogP contribution in [0, 0.1) is 5.92 Å². The van der Waals surface area contributed by atoms with Gasteiger partial charge in [0.05, 0.1) is 0 Å². The van der Waals surface area contributed by atoms with Crippen molar-refractivity contribution in [2.45, 2.75) is 46.0 Å². The summed E-state index contributed by atoms with van der Waals surface area (Å²) < 4.78 is 1.07. The molecule has 0 radical (unpaired) electrons. The number of carbonyl (C=O) groups excluding carboxylic acids is 1. The zero-order valence-electron chi connectivity index (χ0n) is 12.9. The monoisotopic (exact) mass is 346 g/mol. The van der Waals surface area contributed by atoms with Gasteiger partial charge in [-0.15, -0.1) is 0 Å². The third-order valence-electron chi connectivity index (χ3n) is 4.14. The maximum absolute atomic E-state index is 12.5. The number of hydrogen-bond donors (Lipinski definition) is 0. The molecular formula is C19H23BrO. The summed E-state index contributed by atoms with van der Waals surface area (Å²) in [5, 5.41) is 2.30. The van der Waals surface area contributed by atoms with Gasteiger partial charge in [0.25, 0.3) is 0 Å². The molecule has 2 aromatic rings. The molecule has 0 saturated heterocycles. The molecule has 21 heavy (non-hydrogen) atoms. The Bertz CT molecular complexity index is 618. The van der Waals surface area contributed by atoms with Gasteiger partial charge >= 0.3 is 0 Å². The number of carbonyl (C=O) groups is 1. The van der Waals surface area contributed by atoms with Gasteiger partial charge in [-0.3, -0.25) is 4.79 Å². The zero-order chi connectivity index (χ0) is 15.2. The van der Waals surface area contributed by atoms with Gasteiger partial charge < -0.3 is 0 Å². The molecule has 0 saturated carbocycles. The summed E-state index contributed by atoms with van der Waals surface area (Å²) in [4.78, 5) is 12.5. The van der Waals surface area contributed by atoms with Crippen LogP contribution in [0.4, 0.5) is 0 Å². The van der Waals surface area contributed by atoms with Crippen molar-refractivity contribution >= 4 is 32.5 Å². The fraction of sp³-hybridized carbons (Fsp3) is 0.421. The fourth-order valence-corrected chi connectivity index (χ4v) is 3.09. The SMILES string of the molecule is CCCCC(CC)CC(=O)c1ccc2cc(Br)ccc2c1. The standard InChI is InChI=1S/C19H23BrO/c1-3-5-6-14(4-2)11-19(21)17-8-7-16-13-18(20)10-9-15(16)12-17/h7-10,12-14H,3-6,11H2,1-2H3. The molecule has 1 nitrogen and oxygen atoms in total. The smallest absolute Gasteiger partial charge is 0.163 e. The van der Waals surface area contributed by atoms with Crippen LogP contribution in [-0.2, 0) is 0 Å². The van der Waals surface area contributed by atoms with Gasteiger partial charge in [-0.2, -0.15) is 0 Å². The molecule has 2 rings (SSSR count). The van der Waals surface area contributed by atoms with Crippen molar-refractivity contribution in [3.63, 3.8) is 0 Å². The highest BCUT2D eigenvalue weighted by Crippen LogP contribution is 2.24. The number of ketones is 1. The van der Waals surface area contributed by atoms with Crippen molar-refractivity contribution in [3.05, 3.63) is 46.4 Å². The van der Waals surface area contributed by atoms with Crippen molar-refractivity contribution in [2.75, 3.05) is 0 Å². The van der Waals surface area contributed by atoms with Crippen LogP contribution in [-0.4, -0.2) is 5.78 Å². The zero-order valence-corrected chi connectivity index (χ0v) is 14.4. The van der Waals surface area contributed by atoms with Gasteiger partial charge in [0.15, 0.2) is 5.78 Å². The van der Waals surface area contributed by atoms with Gasteiger partial charge in [-0.25, -0.2) is 0 Å². The number of Topliss-reactive ketones (excluding diaryl/α,β-unsaturated/α-hetero) is 1. The molecule has 2 aromatic carbocycles. The Morgan fingerprint density at radius 3 is 2.52 bits per heavy atom. The molecule has 0 amide bonds. The van der Waals surface area contributed by atoms with Crippen molar-refractivity contribution in [2.24, 2.45) is 5.92 Å². The first kappa shape index (κ1) is 16.2. The largest absolute Gasteiger partial charge is 0.294 e. The van der Waals surface area contributed by atoms with E-state index in [1.165, 1.54) is 24.6 Å². The maximum Gasteiger partial charge on any atom is 0.163 e. The van der Waals surface area contributed by atoms with E-state index in [4.69, 9.17) is 0 Å². The number of fused-ring (bicyclic) bond motifs is 1. The minimum absolute atomic E-state index is 0.280. The predicted molar refractivity (Wildman–Crippen MR) is 93.9 cm³/mol.